The molecule has 5 heteroatoms. The fraction of sp³-hybridized carbons (Fsp3) is 0.500. The van der Waals surface area contributed by atoms with Crippen LogP contribution in [-0.4, -0.2) is 29.6 Å². The van der Waals surface area contributed by atoms with Gasteiger partial charge in [-0.2, -0.15) is 0 Å². The van der Waals surface area contributed by atoms with Crippen molar-refractivity contribution >= 4 is 27.5 Å². The van der Waals surface area contributed by atoms with Gasteiger partial charge in [0.1, 0.15) is 11.4 Å². The number of halogens is 3. The number of benzene rings is 1. The number of aliphatic hydroxyl groups is 1. The second kappa shape index (κ2) is 4.50. The summed E-state index contributed by atoms with van der Waals surface area (Å²) in [4.78, 5) is 2.01. The van der Waals surface area contributed by atoms with Crippen molar-refractivity contribution in [1.82, 2.24) is 4.90 Å². The van der Waals surface area contributed by atoms with Gasteiger partial charge in [0.25, 0.3) is 0 Å². The van der Waals surface area contributed by atoms with Crippen molar-refractivity contribution in [2.75, 3.05) is 13.6 Å². The fourth-order valence-electron chi connectivity index (χ4n) is 2.36. The summed E-state index contributed by atoms with van der Waals surface area (Å²) >= 11 is 9.02. The van der Waals surface area contributed by atoms with E-state index in [4.69, 9.17) is 11.6 Å². The molecule has 2 rings (SSSR count). The van der Waals surface area contributed by atoms with E-state index in [-0.39, 0.29) is 16.6 Å². The quantitative estimate of drug-likeness (QED) is 0.803. The third-order valence-corrected chi connectivity index (χ3v) is 4.69. The molecule has 1 fully saturated rings. The van der Waals surface area contributed by atoms with E-state index in [1.807, 2.05) is 18.9 Å². The van der Waals surface area contributed by atoms with Gasteiger partial charge in [0.2, 0.25) is 0 Å². The molecule has 2 nitrogen and oxygen atoms in total. The first kappa shape index (κ1) is 13.3. The lowest BCUT2D eigenvalue weighted by Gasteiger charge is -2.24. The Kier molecular flexibility index (Phi) is 3.51. The number of likely N-dealkylation sites (tertiary alicyclic amines) is 1. The minimum atomic E-state index is -1.15. The van der Waals surface area contributed by atoms with Gasteiger partial charge < -0.3 is 10.0 Å². The van der Waals surface area contributed by atoms with Crippen molar-refractivity contribution in [3.8, 4) is 0 Å². The molecule has 1 aliphatic rings. The van der Waals surface area contributed by atoms with Crippen LogP contribution in [0.3, 0.4) is 0 Å². The highest BCUT2D eigenvalue weighted by Crippen LogP contribution is 2.39. The Bertz CT molecular complexity index is 444. The summed E-state index contributed by atoms with van der Waals surface area (Å²) in [7, 11) is 1.92. The summed E-state index contributed by atoms with van der Waals surface area (Å²) in [6.45, 7) is 2.43. The molecule has 0 spiro atoms. The first-order valence-electron chi connectivity index (χ1n) is 5.42. The smallest absolute Gasteiger partial charge is 0.149 e. The minimum absolute atomic E-state index is 0.0260. The van der Waals surface area contributed by atoms with E-state index < -0.39 is 11.4 Å². The van der Waals surface area contributed by atoms with E-state index >= 15 is 0 Å². The summed E-state index contributed by atoms with van der Waals surface area (Å²) in [6, 6.07) is 3.49. The van der Waals surface area contributed by atoms with Crippen molar-refractivity contribution in [2.45, 2.75) is 25.0 Å². The van der Waals surface area contributed by atoms with E-state index in [9.17, 15) is 9.50 Å². The predicted molar refractivity (Wildman–Crippen MR) is 69.7 cm³/mol. The Hall–Kier alpha value is -0.160. The lowest BCUT2D eigenvalue weighted by molar-refractivity contribution is 0.0449. The molecule has 2 atom stereocenters. The molecule has 0 saturated carbocycles. The van der Waals surface area contributed by atoms with Crippen LogP contribution in [0.5, 0.6) is 0 Å². The first-order valence-corrected chi connectivity index (χ1v) is 6.59. The van der Waals surface area contributed by atoms with E-state index in [1.54, 1.807) is 12.1 Å². The molecule has 94 valence electrons. The van der Waals surface area contributed by atoms with Crippen molar-refractivity contribution in [2.24, 2.45) is 0 Å². The van der Waals surface area contributed by atoms with Gasteiger partial charge in [0.05, 0.1) is 5.02 Å². The molecule has 0 aliphatic carbocycles. The Morgan fingerprint density at radius 2 is 2.24 bits per heavy atom. The van der Waals surface area contributed by atoms with Gasteiger partial charge in [-0.15, -0.1) is 0 Å². The minimum Gasteiger partial charge on any atom is -0.384 e. The summed E-state index contributed by atoms with van der Waals surface area (Å²) in [5.41, 5.74) is -0.871. The zero-order valence-electron chi connectivity index (χ0n) is 9.67. The number of hydrogen-bond donors (Lipinski definition) is 1. The maximum Gasteiger partial charge on any atom is 0.149 e. The first-order chi connectivity index (χ1) is 7.85. The van der Waals surface area contributed by atoms with Crippen LogP contribution < -0.4 is 0 Å². The summed E-state index contributed by atoms with van der Waals surface area (Å²) < 4.78 is 14.6. The number of rotatable bonds is 1. The second-order valence-corrected chi connectivity index (χ2v) is 5.96. The molecule has 0 amide bonds. The van der Waals surface area contributed by atoms with Gasteiger partial charge in [-0.05, 0) is 42.4 Å². The number of likely N-dealkylation sites (N-methyl/N-ethyl adjacent to an activating group) is 1. The molecule has 17 heavy (non-hydrogen) atoms. The molecule has 1 N–H and O–H groups in total. The van der Waals surface area contributed by atoms with Gasteiger partial charge in [0.15, 0.2) is 0 Å². The van der Waals surface area contributed by atoms with E-state index in [0.717, 1.165) is 0 Å². The maximum atomic E-state index is 14.1. The van der Waals surface area contributed by atoms with E-state index in [0.29, 0.717) is 17.4 Å². The van der Waals surface area contributed by atoms with Crippen LogP contribution in [0.4, 0.5) is 4.39 Å². The average molecular weight is 323 g/mol. The largest absolute Gasteiger partial charge is 0.384 e. The Balaban J connectivity index is 2.45. The molecule has 0 bridgehead atoms. The highest BCUT2D eigenvalue weighted by Gasteiger charge is 2.42. The van der Waals surface area contributed by atoms with Crippen LogP contribution in [0.25, 0.3) is 0 Å². The van der Waals surface area contributed by atoms with Crippen molar-refractivity contribution in [3.63, 3.8) is 0 Å². The third-order valence-electron chi connectivity index (χ3n) is 3.43. The second-order valence-electron chi connectivity index (χ2n) is 4.72. The van der Waals surface area contributed by atoms with Crippen LogP contribution in [-0.2, 0) is 5.60 Å². The number of nitrogens with zero attached hydrogens (tertiary/aromatic N) is 1. The topological polar surface area (TPSA) is 23.5 Å². The lowest BCUT2D eigenvalue weighted by atomic mass is 9.91. The molecule has 1 saturated heterocycles. The molecular weight excluding hydrogens is 308 g/mol. The van der Waals surface area contributed by atoms with Crippen LogP contribution in [0.15, 0.2) is 16.6 Å². The SMILES string of the molecule is CC1CC(O)(c2ccc(Br)c(Cl)c2F)CN1C. The summed E-state index contributed by atoms with van der Waals surface area (Å²) in [5.74, 6) is -0.536. The Morgan fingerprint density at radius 3 is 2.76 bits per heavy atom. The number of β-amino-alcohol motifs (C(OH)–C–C–N with tert-alkyl or cyclic N) is 1. The highest BCUT2D eigenvalue weighted by atomic mass is 79.9. The van der Waals surface area contributed by atoms with Gasteiger partial charge in [0, 0.05) is 22.6 Å². The Morgan fingerprint density at radius 1 is 1.59 bits per heavy atom. The molecule has 1 aromatic carbocycles. The van der Waals surface area contributed by atoms with Crippen LogP contribution in [0.1, 0.15) is 18.9 Å². The zero-order valence-corrected chi connectivity index (χ0v) is 12.0. The lowest BCUT2D eigenvalue weighted by Crippen LogP contribution is -2.30. The molecular formula is C12H14BrClFNO. The van der Waals surface area contributed by atoms with Crippen LogP contribution >= 0.6 is 27.5 Å². The summed E-state index contributed by atoms with van der Waals surface area (Å²) in [5, 5.41) is 10.6. The van der Waals surface area contributed by atoms with Gasteiger partial charge in [-0.3, -0.25) is 0 Å². The molecule has 1 aliphatic heterocycles. The van der Waals surface area contributed by atoms with Crippen LogP contribution in [0, 0.1) is 5.82 Å². The van der Waals surface area contributed by atoms with E-state index in [2.05, 4.69) is 15.9 Å². The van der Waals surface area contributed by atoms with Crippen molar-refractivity contribution < 1.29 is 9.50 Å². The molecule has 1 heterocycles. The van der Waals surface area contributed by atoms with E-state index in [1.165, 1.54) is 0 Å². The van der Waals surface area contributed by atoms with Crippen molar-refractivity contribution in [1.29, 1.82) is 0 Å². The molecule has 2 unspecified atom stereocenters. The summed E-state index contributed by atoms with van der Waals surface area (Å²) in [6.07, 6.45) is 0.512. The van der Waals surface area contributed by atoms with Gasteiger partial charge in [-0.1, -0.05) is 17.7 Å². The standard InChI is InChI=1S/C12H14BrClFNO/c1-7-5-12(17,6-16(7)2)8-3-4-9(13)10(14)11(8)15/h3-4,7,17H,5-6H2,1-2H3. The van der Waals surface area contributed by atoms with Gasteiger partial charge >= 0.3 is 0 Å². The number of hydrogen-bond acceptors (Lipinski definition) is 2. The maximum absolute atomic E-state index is 14.1. The molecule has 1 aromatic rings. The average Bonchev–Trinajstić information content (AvgIpc) is 2.50. The van der Waals surface area contributed by atoms with Crippen LogP contribution in [0.2, 0.25) is 5.02 Å². The highest BCUT2D eigenvalue weighted by molar-refractivity contribution is 9.10. The normalized spacial score (nSPS) is 29.9. The molecule has 0 radical (unpaired) electrons. The Labute approximate surface area is 114 Å². The monoisotopic (exact) mass is 321 g/mol. The zero-order chi connectivity index (χ0) is 12.8. The predicted octanol–water partition coefficient (Wildman–Crippen LogP) is 3.15. The third kappa shape index (κ3) is 2.24. The fourth-order valence-corrected chi connectivity index (χ4v) is 2.83. The van der Waals surface area contributed by atoms with Gasteiger partial charge in [-0.25, -0.2) is 4.39 Å². The molecule has 0 aromatic heterocycles. The van der Waals surface area contributed by atoms with Crippen molar-refractivity contribution in [3.05, 3.63) is 33.0 Å².